The summed E-state index contributed by atoms with van der Waals surface area (Å²) in [5, 5.41) is 4.34. The highest BCUT2D eigenvalue weighted by Crippen LogP contribution is 2.20. The van der Waals surface area contributed by atoms with Crippen LogP contribution in [-0.4, -0.2) is 33.0 Å². The van der Waals surface area contributed by atoms with Gasteiger partial charge >= 0.3 is 0 Å². The van der Waals surface area contributed by atoms with E-state index in [1.54, 1.807) is 7.11 Å². The van der Waals surface area contributed by atoms with Gasteiger partial charge in [0.2, 0.25) is 0 Å². The highest BCUT2D eigenvalue weighted by atomic mass is 16.5. The number of benzene rings is 1. The van der Waals surface area contributed by atoms with Gasteiger partial charge in [0.05, 0.1) is 31.4 Å². The Kier molecular flexibility index (Phi) is 3.83. The first-order valence-corrected chi connectivity index (χ1v) is 6.89. The fourth-order valence-electron chi connectivity index (χ4n) is 2.21. The van der Waals surface area contributed by atoms with Gasteiger partial charge in [-0.1, -0.05) is 12.1 Å². The Labute approximate surface area is 123 Å². The van der Waals surface area contributed by atoms with Gasteiger partial charge in [-0.05, 0) is 24.6 Å². The molecule has 0 atom stereocenters. The van der Waals surface area contributed by atoms with E-state index < -0.39 is 0 Å². The smallest absolute Gasteiger partial charge is 0.0995 e. The lowest BCUT2D eigenvalue weighted by Gasteiger charge is -2.03. The van der Waals surface area contributed by atoms with Crippen molar-refractivity contribution in [1.82, 2.24) is 19.3 Å². The van der Waals surface area contributed by atoms with Crippen LogP contribution in [-0.2, 0) is 11.3 Å². The van der Waals surface area contributed by atoms with Crippen molar-refractivity contribution in [1.29, 1.82) is 0 Å². The minimum absolute atomic E-state index is 0.667. The Bertz CT molecular complexity index is 712. The van der Waals surface area contributed by atoms with Crippen LogP contribution < -0.4 is 0 Å². The van der Waals surface area contributed by atoms with Crippen LogP contribution in [0.15, 0.2) is 49.2 Å². The molecule has 0 N–H and O–H groups in total. The third-order valence-electron chi connectivity index (χ3n) is 3.37. The molecule has 0 fully saturated rings. The number of rotatable bonds is 5. The summed E-state index contributed by atoms with van der Waals surface area (Å²) in [6.07, 6.45) is 7.76. The first-order valence-electron chi connectivity index (χ1n) is 6.89. The van der Waals surface area contributed by atoms with Crippen LogP contribution >= 0.6 is 0 Å². The van der Waals surface area contributed by atoms with E-state index in [9.17, 15) is 0 Å². The van der Waals surface area contributed by atoms with E-state index in [1.165, 1.54) is 0 Å². The molecule has 0 radical (unpaired) electrons. The van der Waals surface area contributed by atoms with Gasteiger partial charge in [-0.25, -0.2) is 4.98 Å². The maximum Gasteiger partial charge on any atom is 0.0995 e. The zero-order chi connectivity index (χ0) is 14.7. The molecule has 5 nitrogen and oxygen atoms in total. The normalized spacial score (nSPS) is 11.0. The van der Waals surface area contributed by atoms with Crippen LogP contribution in [0.4, 0.5) is 0 Å². The van der Waals surface area contributed by atoms with Crippen molar-refractivity contribution in [2.24, 2.45) is 0 Å². The summed E-state index contributed by atoms with van der Waals surface area (Å²) < 4.78 is 8.97. The molecule has 5 heteroatoms. The van der Waals surface area contributed by atoms with Crippen molar-refractivity contribution in [2.75, 3.05) is 13.7 Å². The van der Waals surface area contributed by atoms with Gasteiger partial charge in [0.25, 0.3) is 0 Å². The standard InChI is InChI=1S/C16H18N4O/c1-13-10-19(12-17-13)16-5-3-14(4-6-16)15-9-18-20(11-15)7-8-21-2/h3-6,9-12H,7-8H2,1-2H3. The minimum atomic E-state index is 0.667. The molecule has 2 heterocycles. The molecule has 0 amide bonds. The molecule has 0 unspecified atom stereocenters. The number of hydrogen-bond donors (Lipinski definition) is 0. The van der Waals surface area contributed by atoms with Crippen molar-refractivity contribution < 1.29 is 4.74 Å². The Morgan fingerprint density at radius 2 is 1.90 bits per heavy atom. The van der Waals surface area contributed by atoms with E-state index in [-0.39, 0.29) is 0 Å². The Morgan fingerprint density at radius 1 is 1.10 bits per heavy atom. The molecule has 0 spiro atoms. The molecular weight excluding hydrogens is 264 g/mol. The van der Waals surface area contributed by atoms with Crippen LogP contribution in [0.25, 0.3) is 16.8 Å². The average Bonchev–Trinajstić information content (AvgIpc) is 3.14. The number of methoxy groups -OCH3 is 1. The van der Waals surface area contributed by atoms with Gasteiger partial charge in [0, 0.05) is 30.8 Å². The maximum absolute atomic E-state index is 5.06. The fourth-order valence-corrected chi connectivity index (χ4v) is 2.21. The van der Waals surface area contributed by atoms with Gasteiger partial charge in [-0.2, -0.15) is 5.10 Å². The summed E-state index contributed by atoms with van der Waals surface area (Å²) in [6.45, 7) is 3.42. The molecular formula is C16H18N4O. The zero-order valence-electron chi connectivity index (χ0n) is 12.2. The van der Waals surface area contributed by atoms with E-state index in [1.807, 2.05) is 41.1 Å². The summed E-state index contributed by atoms with van der Waals surface area (Å²) in [5.41, 5.74) is 4.38. The van der Waals surface area contributed by atoms with Gasteiger partial charge in [0.15, 0.2) is 0 Å². The number of nitrogens with zero attached hydrogens (tertiary/aromatic N) is 4. The highest BCUT2D eigenvalue weighted by Gasteiger charge is 2.03. The molecule has 1 aromatic carbocycles. The topological polar surface area (TPSA) is 44.9 Å². The molecule has 2 aromatic heterocycles. The van der Waals surface area contributed by atoms with Crippen molar-refractivity contribution in [3.05, 3.63) is 54.9 Å². The molecule has 0 aliphatic heterocycles. The molecule has 3 rings (SSSR count). The third kappa shape index (κ3) is 3.03. The van der Waals surface area contributed by atoms with E-state index in [4.69, 9.17) is 4.74 Å². The SMILES string of the molecule is COCCn1cc(-c2ccc(-n3cnc(C)c3)cc2)cn1. The van der Waals surface area contributed by atoms with Crippen LogP contribution in [0.3, 0.4) is 0 Å². The predicted octanol–water partition coefficient (Wildman–Crippen LogP) is 2.69. The second kappa shape index (κ2) is 5.93. The molecule has 3 aromatic rings. The van der Waals surface area contributed by atoms with Crippen molar-refractivity contribution in [3.8, 4) is 16.8 Å². The van der Waals surface area contributed by atoms with Crippen LogP contribution in [0.1, 0.15) is 5.69 Å². The molecule has 0 aliphatic rings. The molecule has 0 saturated heterocycles. The predicted molar refractivity (Wildman–Crippen MR) is 81.4 cm³/mol. The summed E-state index contributed by atoms with van der Waals surface area (Å²) in [6, 6.07) is 8.37. The number of imidazole rings is 1. The molecule has 21 heavy (non-hydrogen) atoms. The summed E-state index contributed by atoms with van der Waals surface area (Å²) >= 11 is 0. The maximum atomic E-state index is 5.06. The number of hydrogen-bond acceptors (Lipinski definition) is 3. The van der Waals surface area contributed by atoms with E-state index in [0.717, 1.165) is 29.1 Å². The minimum Gasteiger partial charge on any atom is -0.383 e. The summed E-state index contributed by atoms with van der Waals surface area (Å²) in [5.74, 6) is 0. The lowest BCUT2D eigenvalue weighted by atomic mass is 10.1. The molecule has 0 aliphatic carbocycles. The van der Waals surface area contributed by atoms with Gasteiger partial charge in [0.1, 0.15) is 0 Å². The molecule has 0 bridgehead atoms. The van der Waals surface area contributed by atoms with Crippen LogP contribution in [0.5, 0.6) is 0 Å². The van der Waals surface area contributed by atoms with E-state index in [2.05, 4.69) is 34.3 Å². The largest absolute Gasteiger partial charge is 0.383 e. The van der Waals surface area contributed by atoms with Gasteiger partial charge < -0.3 is 9.30 Å². The first-order chi connectivity index (χ1) is 10.3. The van der Waals surface area contributed by atoms with Gasteiger partial charge in [-0.15, -0.1) is 0 Å². The molecule has 0 saturated carbocycles. The second-order valence-electron chi connectivity index (χ2n) is 4.95. The Morgan fingerprint density at radius 3 is 2.57 bits per heavy atom. The Hall–Kier alpha value is -2.40. The van der Waals surface area contributed by atoms with Crippen molar-refractivity contribution in [3.63, 3.8) is 0 Å². The zero-order valence-corrected chi connectivity index (χ0v) is 12.2. The van der Waals surface area contributed by atoms with Crippen molar-refractivity contribution in [2.45, 2.75) is 13.5 Å². The lowest BCUT2D eigenvalue weighted by molar-refractivity contribution is 0.183. The van der Waals surface area contributed by atoms with Crippen molar-refractivity contribution >= 4 is 0 Å². The first kappa shape index (κ1) is 13.6. The number of aryl methyl sites for hydroxylation is 1. The van der Waals surface area contributed by atoms with E-state index in [0.29, 0.717) is 6.61 Å². The Balaban J connectivity index is 1.79. The monoisotopic (exact) mass is 282 g/mol. The molecule has 108 valence electrons. The highest BCUT2D eigenvalue weighted by molar-refractivity contribution is 5.63. The summed E-state index contributed by atoms with van der Waals surface area (Å²) in [4.78, 5) is 4.24. The van der Waals surface area contributed by atoms with Gasteiger partial charge in [-0.3, -0.25) is 4.68 Å². The lowest BCUT2D eigenvalue weighted by Crippen LogP contribution is -2.03. The van der Waals surface area contributed by atoms with E-state index >= 15 is 0 Å². The van der Waals surface area contributed by atoms with Crippen LogP contribution in [0.2, 0.25) is 0 Å². The average molecular weight is 282 g/mol. The third-order valence-corrected chi connectivity index (χ3v) is 3.37. The quantitative estimate of drug-likeness (QED) is 0.722. The second-order valence-corrected chi connectivity index (χ2v) is 4.95. The number of aromatic nitrogens is 4. The summed E-state index contributed by atoms with van der Waals surface area (Å²) in [7, 11) is 1.70. The van der Waals surface area contributed by atoms with Crippen LogP contribution in [0, 0.1) is 6.92 Å². The number of ether oxygens (including phenoxy) is 1. The fraction of sp³-hybridized carbons (Fsp3) is 0.250.